The van der Waals surface area contributed by atoms with Gasteiger partial charge >= 0.3 is 12.1 Å². The Balaban J connectivity index is 2.48. The average Bonchev–Trinajstić information content (AvgIpc) is 2.96. The number of hydrogen-bond donors (Lipinski definition) is 5. The third kappa shape index (κ3) is 17.9. The monoisotopic (exact) mass is 579 g/mol. The zero-order valence-corrected chi connectivity index (χ0v) is 23.6. The fraction of sp³-hybridized carbons (Fsp3) is 0.556. The molecule has 0 unspecified atom stereocenters. The van der Waals surface area contributed by atoms with Crippen LogP contribution in [0.15, 0.2) is 30.3 Å². The van der Waals surface area contributed by atoms with Crippen LogP contribution >= 0.6 is 0 Å². The molecule has 228 valence electrons. The second kappa shape index (κ2) is 21.6. The first kappa shape index (κ1) is 34.8. The predicted molar refractivity (Wildman–Crippen MR) is 147 cm³/mol. The van der Waals surface area contributed by atoms with Crippen molar-refractivity contribution in [3.8, 4) is 0 Å². The number of benzene rings is 1. The second-order valence-electron chi connectivity index (χ2n) is 8.81. The van der Waals surface area contributed by atoms with Gasteiger partial charge in [0.05, 0.1) is 26.3 Å². The number of esters is 1. The molecule has 5 amide bonds. The van der Waals surface area contributed by atoms with E-state index in [9.17, 15) is 28.8 Å². The van der Waals surface area contributed by atoms with Gasteiger partial charge in [-0.3, -0.25) is 19.2 Å². The summed E-state index contributed by atoms with van der Waals surface area (Å²) in [6.07, 6.45) is 2.58. The number of nitrogens with one attached hydrogen (secondary N) is 5. The third-order valence-corrected chi connectivity index (χ3v) is 5.28. The van der Waals surface area contributed by atoms with E-state index in [1.165, 1.54) is 0 Å². The van der Waals surface area contributed by atoms with Gasteiger partial charge < -0.3 is 40.8 Å². The van der Waals surface area contributed by atoms with Crippen molar-refractivity contribution in [1.29, 1.82) is 0 Å². The predicted octanol–water partition coefficient (Wildman–Crippen LogP) is -0.0938. The van der Waals surface area contributed by atoms with Gasteiger partial charge in [-0.15, -0.1) is 0 Å². The minimum absolute atomic E-state index is 0.127. The minimum atomic E-state index is -1.05. The quantitative estimate of drug-likeness (QED) is 0.0798. The van der Waals surface area contributed by atoms with Crippen molar-refractivity contribution in [2.75, 3.05) is 46.2 Å². The molecule has 1 aromatic rings. The molecule has 0 heterocycles. The number of rotatable bonds is 20. The number of carbonyl (C=O) groups is 6. The van der Waals surface area contributed by atoms with Crippen molar-refractivity contribution in [3.63, 3.8) is 0 Å². The van der Waals surface area contributed by atoms with Gasteiger partial charge in [0.2, 0.25) is 23.6 Å². The lowest BCUT2D eigenvalue weighted by Gasteiger charge is -2.19. The average molecular weight is 580 g/mol. The lowest BCUT2D eigenvalue weighted by Crippen LogP contribution is -2.52. The standard InChI is InChI=1S/C27H41N5O9/c1-3-5-12-40-25(36)18-39-19-31-23(34)15-29-26(37)21(14-20-10-8-7-9-11-20)32-24(35)17-28-22(33)16-30-27(38)41-13-6-4-2/h7-11,21H,3-6,12-19H2,1-2H3,(H,28,33)(H,29,37)(H,30,38)(H,31,34)(H,32,35)/t21-/m0/s1. The Morgan fingerprint density at radius 3 is 2.02 bits per heavy atom. The summed E-state index contributed by atoms with van der Waals surface area (Å²) in [5.41, 5.74) is 0.756. The van der Waals surface area contributed by atoms with Crippen LogP contribution in [0, 0.1) is 0 Å². The maximum Gasteiger partial charge on any atom is 0.407 e. The van der Waals surface area contributed by atoms with Gasteiger partial charge in [-0.25, -0.2) is 9.59 Å². The van der Waals surface area contributed by atoms with E-state index >= 15 is 0 Å². The van der Waals surface area contributed by atoms with Crippen molar-refractivity contribution in [2.24, 2.45) is 0 Å². The highest BCUT2D eigenvalue weighted by Gasteiger charge is 2.22. The number of carbonyl (C=O) groups excluding carboxylic acids is 6. The maximum atomic E-state index is 12.8. The molecule has 5 N–H and O–H groups in total. The molecule has 1 rings (SSSR count). The van der Waals surface area contributed by atoms with E-state index < -0.39 is 54.8 Å². The summed E-state index contributed by atoms with van der Waals surface area (Å²) < 4.78 is 14.9. The Bertz CT molecular complexity index is 975. The minimum Gasteiger partial charge on any atom is -0.464 e. The molecule has 0 aromatic heterocycles. The maximum absolute atomic E-state index is 12.8. The van der Waals surface area contributed by atoms with Crippen LogP contribution in [0.5, 0.6) is 0 Å². The van der Waals surface area contributed by atoms with Crippen molar-refractivity contribution in [2.45, 2.75) is 52.0 Å². The molecule has 14 heteroatoms. The van der Waals surface area contributed by atoms with Crippen LogP contribution in [0.25, 0.3) is 0 Å². The molecule has 0 aliphatic heterocycles. The summed E-state index contributed by atoms with van der Waals surface area (Å²) >= 11 is 0. The molecular weight excluding hydrogens is 538 g/mol. The Hall–Kier alpha value is -4.20. The van der Waals surface area contributed by atoms with Gasteiger partial charge in [-0.1, -0.05) is 57.0 Å². The SMILES string of the molecule is CCCCOC(=O)COCNC(=O)CNC(=O)[C@H](Cc1ccccc1)NC(=O)CNC(=O)CNC(=O)OCCCC. The van der Waals surface area contributed by atoms with Crippen molar-refractivity contribution in [1.82, 2.24) is 26.6 Å². The lowest BCUT2D eigenvalue weighted by molar-refractivity contribution is -0.150. The highest BCUT2D eigenvalue weighted by Crippen LogP contribution is 2.03. The molecule has 41 heavy (non-hydrogen) atoms. The number of amides is 5. The molecule has 14 nitrogen and oxygen atoms in total. The molecule has 0 aliphatic carbocycles. The molecule has 0 bridgehead atoms. The summed E-state index contributed by atoms with van der Waals surface area (Å²) in [6, 6.07) is 7.86. The lowest BCUT2D eigenvalue weighted by atomic mass is 10.1. The first-order valence-corrected chi connectivity index (χ1v) is 13.5. The van der Waals surface area contributed by atoms with Crippen LogP contribution < -0.4 is 26.6 Å². The Labute approximate surface area is 239 Å². The normalized spacial score (nSPS) is 11.0. The molecule has 0 saturated heterocycles. The van der Waals surface area contributed by atoms with Gasteiger partial charge in [0.25, 0.3) is 0 Å². The van der Waals surface area contributed by atoms with Gasteiger partial charge in [-0.05, 0) is 18.4 Å². The largest absolute Gasteiger partial charge is 0.464 e. The van der Waals surface area contributed by atoms with Crippen molar-refractivity contribution in [3.05, 3.63) is 35.9 Å². The van der Waals surface area contributed by atoms with Crippen LogP contribution in [0.2, 0.25) is 0 Å². The number of alkyl carbamates (subject to hydrolysis) is 1. The summed E-state index contributed by atoms with van der Waals surface area (Å²) in [6.45, 7) is 2.64. The summed E-state index contributed by atoms with van der Waals surface area (Å²) in [4.78, 5) is 72.3. The molecule has 1 aromatic carbocycles. The van der Waals surface area contributed by atoms with Gasteiger partial charge in [0.15, 0.2) is 0 Å². The second-order valence-corrected chi connectivity index (χ2v) is 8.81. The summed E-state index contributed by atoms with van der Waals surface area (Å²) in [5.74, 6) is -3.01. The summed E-state index contributed by atoms with van der Waals surface area (Å²) in [5, 5.41) is 12.0. The van der Waals surface area contributed by atoms with E-state index in [0.29, 0.717) is 13.0 Å². The fourth-order valence-corrected chi connectivity index (χ4v) is 3.05. The van der Waals surface area contributed by atoms with Crippen molar-refractivity contribution < 1.29 is 43.0 Å². The Kier molecular flexibility index (Phi) is 18.3. The first-order chi connectivity index (χ1) is 19.7. The Morgan fingerprint density at radius 1 is 0.732 bits per heavy atom. The number of unbranched alkanes of at least 4 members (excludes halogenated alkanes) is 2. The van der Waals surface area contributed by atoms with E-state index in [2.05, 4.69) is 26.6 Å². The van der Waals surface area contributed by atoms with Gasteiger partial charge in [0.1, 0.15) is 25.9 Å². The van der Waals surface area contributed by atoms with E-state index in [0.717, 1.165) is 24.8 Å². The number of ether oxygens (including phenoxy) is 3. The molecule has 1 atom stereocenters. The zero-order chi connectivity index (χ0) is 30.3. The smallest absolute Gasteiger partial charge is 0.407 e. The van der Waals surface area contributed by atoms with E-state index in [1.54, 1.807) is 30.3 Å². The van der Waals surface area contributed by atoms with Crippen LogP contribution in [-0.2, 0) is 44.6 Å². The van der Waals surface area contributed by atoms with Crippen LogP contribution in [0.1, 0.15) is 45.1 Å². The zero-order valence-electron chi connectivity index (χ0n) is 23.6. The highest BCUT2D eigenvalue weighted by molar-refractivity contribution is 5.92. The van der Waals surface area contributed by atoms with E-state index in [1.807, 2.05) is 13.8 Å². The molecule has 0 saturated carbocycles. The molecule has 0 radical (unpaired) electrons. The number of hydrogen-bond acceptors (Lipinski definition) is 9. The Morgan fingerprint density at radius 2 is 1.34 bits per heavy atom. The van der Waals surface area contributed by atoms with Crippen molar-refractivity contribution >= 4 is 35.7 Å². The molecular formula is C27H41N5O9. The fourth-order valence-electron chi connectivity index (χ4n) is 3.05. The van der Waals surface area contributed by atoms with Gasteiger partial charge in [0, 0.05) is 6.42 Å². The van der Waals surface area contributed by atoms with Crippen LogP contribution in [-0.4, -0.2) is 87.9 Å². The van der Waals surface area contributed by atoms with E-state index in [-0.39, 0.29) is 32.9 Å². The molecule has 0 spiro atoms. The topological polar surface area (TPSA) is 190 Å². The molecule has 0 aliphatic rings. The van der Waals surface area contributed by atoms with E-state index in [4.69, 9.17) is 14.2 Å². The molecule has 0 fully saturated rings. The first-order valence-electron chi connectivity index (χ1n) is 13.5. The third-order valence-electron chi connectivity index (χ3n) is 5.28. The van der Waals surface area contributed by atoms with Crippen LogP contribution in [0.4, 0.5) is 4.79 Å². The highest BCUT2D eigenvalue weighted by atomic mass is 16.6. The van der Waals surface area contributed by atoms with Gasteiger partial charge in [-0.2, -0.15) is 0 Å². The summed E-state index contributed by atoms with van der Waals surface area (Å²) in [7, 11) is 0. The van der Waals surface area contributed by atoms with Crippen LogP contribution in [0.3, 0.4) is 0 Å².